The Morgan fingerprint density at radius 3 is 2.09 bits per heavy atom. The smallest absolute Gasteiger partial charge is 0.350 e. The van der Waals surface area contributed by atoms with Crippen LogP contribution in [0, 0.1) is 0 Å². The highest BCUT2D eigenvalue weighted by atomic mass is 32.2. The van der Waals surface area contributed by atoms with E-state index >= 15 is 0 Å². The SMILES string of the molecule is CC1(C)OC(=O)C(=CNc2ccc(CS(C)(=O)=O)cc2)C(=O)O1. The third-order valence-electron chi connectivity index (χ3n) is 2.88. The summed E-state index contributed by atoms with van der Waals surface area (Å²) in [6.45, 7) is 2.93. The summed E-state index contributed by atoms with van der Waals surface area (Å²) in [6.07, 6.45) is 2.36. The zero-order valence-electron chi connectivity index (χ0n) is 13.0. The van der Waals surface area contributed by atoms with Crippen LogP contribution in [0.25, 0.3) is 0 Å². The van der Waals surface area contributed by atoms with Crippen molar-refractivity contribution in [2.24, 2.45) is 0 Å². The lowest BCUT2D eigenvalue weighted by molar-refractivity contribution is -0.222. The maximum absolute atomic E-state index is 11.8. The van der Waals surface area contributed by atoms with Crippen molar-refractivity contribution in [2.45, 2.75) is 25.4 Å². The van der Waals surface area contributed by atoms with Crippen molar-refractivity contribution >= 4 is 27.5 Å². The van der Waals surface area contributed by atoms with Crippen LogP contribution < -0.4 is 5.32 Å². The summed E-state index contributed by atoms with van der Waals surface area (Å²) in [5.74, 6) is -2.87. The number of esters is 2. The van der Waals surface area contributed by atoms with Crippen LogP contribution in [0.3, 0.4) is 0 Å². The zero-order chi connectivity index (χ0) is 17.3. The first-order chi connectivity index (χ1) is 10.6. The molecule has 2 rings (SSSR count). The summed E-state index contributed by atoms with van der Waals surface area (Å²) in [4.78, 5) is 23.5. The van der Waals surface area contributed by atoms with Crippen molar-refractivity contribution in [1.29, 1.82) is 0 Å². The molecule has 0 atom stereocenters. The van der Waals surface area contributed by atoms with Crippen LogP contribution in [0.2, 0.25) is 0 Å². The summed E-state index contributed by atoms with van der Waals surface area (Å²) >= 11 is 0. The molecule has 1 aliphatic rings. The van der Waals surface area contributed by atoms with Gasteiger partial charge in [-0.05, 0) is 17.7 Å². The van der Waals surface area contributed by atoms with Crippen LogP contribution >= 0.6 is 0 Å². The van der Waals surface area contributed by atoms with Gasteiger partial charge < -0.3 is 14.8 Å². The molecule has 1 aromatic carbocycles. The van der Waals surface area contributed by atoms with Gasteiger partial charge >= 0.3 is 11.9 Å². The van der Waals surface area contributed by atoms with Crippen molar-refractivity contribution in [3.8, 4) is 0 Å². The van der Waals surface area contributed by atoms with Crippen LogP contribution in [-0.4, -0.2) is 32.4 Å². The van der Waals surface area contributed by atoms with Gasteiger partial charge in [0.05, 0.1) is 5.75 Å². The third-order valence-corrected chi connectivity index (χ3v) is 3.74. The van der Waals surface area contributed by atoms with E-state index in [1.165, 1.54) is 20.0 Å². The van der Waals surface area contributed by atoms with E-state index in [0.29, 0.717) is 11.3 Å². The Morgan fingerprint density at radius 1 is 1.09 bits per heavy atom. The Morgan fingerprint density at radius 2 is 1.61 bits per heavy atom. The average Bonchev–Trinajstić information content (AvgIpc) is 2.36. The number of hydrogen-bond donors (Lipinski definition) is 1. The van der Waals surface area contributed by atoms with E-state index in [-0.39, 0.29) is 11.3 Å². The fourth-order valence-electron chi connectivity index (χ4n) is 1.93. The molecule has 124 valence electrons. The molecule has 23 heavy (non-hydrogen) atoms. The third kappa shape index (κ3) is 4.82. The van der Waals surface area contributed by atoms with E-state index in [0.717, 1.165) is 6.26 Å². The van der Waals surface area contributed by atoms with Crippen LogP contribution in [-0.2, 0) is 34.7 Å². The molecule has 1 N–H and O–H groups in total. The molecule has 0 spiro atoms. The molecule has 0 aliphatic carbocycles. The second-order valence-electron chi connectivity index (χ2n) is 5.65. The molecule has 8 heteroatoms. The van der Waals surface area contributed by atoms with Crippen molar-refractivity contribution in [3.63, 3.8) is 0 Å². The largest absolute Gasteiger partial charge is 0.419 e. The molecule has 1 saturated heterocycles. The number of cyclic esters (lactones) is 2. The van der Waals surface area contributed by atoms with Gasteiger partial charge in [-0.15, -0.1) is 0 Å². The van der Waals surface area contributed by atoms with E-state index in [2.05, 4.69) is 5.32 Å². The lowest BCUT2D eigenvalue weighted by atomic mass is 10.2. The monoisotopic (exact) mass is 339 g/mol. The highest BCUT2D eigenvalue weighted by Gasteiger charge is 2.38. The average molecular weight is 339 g/mol. The van der Waals surface area contributed by atoms with Gasteiger partial charge in [0.1, 0.15) is 0 Å². The van der Waals surface area contributed by atoms with Crippen LogP contribution in [0.15, 0.2) is 36.0 Å². The molecule has 0 bridgehead atoms. The number of ether oxygens (including phenoxy) is 2. The topological polar surface area (TPSA) is 98.8 Å². The number of carbonyl (C=O) groups is 2. The van der Waals surface area contributed by atoms with Crippen molar-refractivity contribution in [2.75, 3.05) is 11.6 Å². The quantitative estimate of drug-likeness (QED) is 0.502. The minimum atomic E-state index is -3.10. The van der Waals surface area contributed by atoms with Gasteiger partial charge in [0.25, 0.3) is 5.79 Å². The van der Waals surface area contributed by atoms with E-state index in [1.807, 2.05) is 0 Å². The number of hydrogen-bond acceptors (Lipinski definition) is 7. The highest BCUT2D eigenvalue weighted by molar-refractivity contribution is 7.89. The number of rotatable bonds is 4. The molecule has 1 aliphatic heterocycles. The Labute approximate surface area is 134 Å². The molecule has 0 amide bonds. The fourth-order valence-corrected chi connectivity index (χ4v) is 2.73. The highest BCUT2D eigenvalue weighted by Crippen LogP contribution is 2.22. The van der Waals surface area contributed by atoms with Gasteiger partial charge in [-0.1, -0.05) is 12.1 Å². The fraction of sp³-hybridized carbons (Fsp3) is 0.333. The summed E-state index contributed by atoms with van der Waals surface area (Å²) < 4.78 is 32.4. The predicted molar refractivity (Wildman–Crippen MR) is 83.0 cm³/mol. The van der Waals surface area contributed by atoms with Crippen molar-refractivity contribution < 1.29 is 27.5 Å². The first-order valence-corrected chi connectivity index (χ1v) is 8.82. The van der Waals surface area contributed by atoms with Crippen LogP contribution in [0.4, 0.5) is 5.69 Å². The minimum Gasteiger partial charge on any atom is -0.419 e. The van der Waals surface area contributed by atoms with Crippen molar-refractivity contribution in [3.05, 3.63) is 41.6 Å². The Hall–Kier alpha value is -2.35. The lowest BCUT2D eigenvalue weighted by Gasteiger charge is -2.29. The number of sulfone groups is 1. The maximum atomic E-state index is 11.8. The minimum absolute atomic E-state index is 0.0535. The molecule has 0 radical (unpaired) electrons. The van der Waals surface area contributed by atoms with E-state index < -0.39 is 27.6 Å². The molecule has 1 aromatic rings. The van der Waals surface area contributed by atoms with Crippen LogP contribution in [0.1, 0.15) is 19.4 Å². The van der Waals surface area contributed by atoms with Crippen LogP contribution in [0.5, 0.6) is 0 Å². The Kier molecular flexibility index (Phi) is 4.46. The second kappa shape index (κ2) is 6.04. The van der Waals surface area contributed by atoms with E-state index in [1.54, 1.807) is 24.3 Å². The number of carbonyl (C=O) groups excluding carboxylic acids is 2. The van der Waals surface area contributed by atoms with Gasteiger partial charge in [0.2, 0.25) is 0 Å². The van der Waals surface area contributed by atoms with Gasteiger partial charge in [0.15, 0.2) is 15.4 Å². The number of benzene rings is 1. The van der Waals surface area contributed by atoms with Crippen molar-refractivity contribution in [1.82, 2.24) is 0 Å². The Bertz CT molecular complexity index is 740. The first-order valence-electron chi connectivity index (χ1n) is 6.76. The van der Waals surface area contributed by atoms with E-state index in [9.17, 15) is 18.0 Å². The number of anilines is 1. The normalized spacial score (nSPS) is 17.3. The molecule has 7 nitrogen and oxygen atoms in total. The summed E-state index contributed by atoms with van der Waals surface area (Å²) in [5, 5.41) is 2.78. The molecule has 0 saturated carbocycles. The standard InChI is InChI=1S/C15H17NO6S/c1-15(2)21-13(17)12(14(18)22-15)8-16-11-6-4-10(5-7-11)9-23(3,19)20/h4-8,16H,9H2,1-3H3. The van der Waals surface area contributed by atoms with Gasteiger partial charge in [-0.2, -0.15) is 0 Å². The van der Waals surface area contributed by atoms with Gasteiger partial charge in [-0.3, -0.25) is 0 Å². The summed E-state index contributed by atoms with van der Waals surface area (Å²) in [7, 11) is -3.10. The number of nitrogens with one attached hydrogen (secondary N) is 1. The summed E-state index contributed by atoms with van der Waals surface area (Å²) in [6, 6.07) is 6.56. The predicted octanol–water partition coefficient (Wildman–Crippen LogP) is 1.36. The molecule has 1 heterocycles. The van der Waals surface area contributed by atoms with Gasteiger partial charge in [0, 0.05) is 32.0 Å². The lowest BCUT2D eigenvalue weighted by Crippen LogP contribution is -2.42. The van der Waals surface area contributed by atoms with E-state index in [4.69, 9.17) is 9.47 Å². The first kappa shape index (κ1) is 17.0. The second-order valence-corrected chi connectivity index (χ2v) is 7.79. The molecular formula is C15H17NO6S. The summed E-state index contributed by atoms with van der Waals surface area (Å²) in [5.41, 5.74) is 0.980. The molecule has 0 unspecified atom stereocenters. The maximum Gasteiger partial charge on any atom is 0.350 e. The zero-order valence-corrected chi connectivity index (χ0v) is 13.8. The molecular weight excluding hydrogens is 322 g/mol. The Balaban J connectivity index is 2.08. The van der Waals surface area contributed by atoms with Gasteiger partial charge in [-0.25, -0.2) is 18.0 Å². The molecule has 1 fully saturated rings. The molecule has 0 aromatic heterocycles.